The van der Waals surface area contributed by atoms with Crippen molar-refractivity contribution >= 4 is 49.4 Å². The maximum Gasteiger partial charge on any atom is 0.341 e. The van der Waals surface area contributed by atoms with Gasteiger partial charge in [0, 0.05) is 18.5 Å². The number of halogens is 3. The predicted octanol–water partition coefficient (Wildman–Crippen LogP) is 4.21. The van der Waals surface area contributed by atoms with Gasteiger partial charge in [-0.15, -0.1) is 0 Å². The summed E-state index contributed by atoms with van der Waals surface area (Å²) in [6.07, 6.45) is 2.97. The van der Waals surface area contributed by atoms with Crippen LogP contribution in [0.1, 0.15) is 37.2 Å². The molecule has 2 aromatic rings. The third-order valence-electron chi connectivity index (χ3n) is 3.67. The van der Waals surface area contributed by atoms with Crippen LogP contribution in [0.3, 0.4) is 0 Å². The zero-order chi connectivity index (χ0) is 18.2. The fourth-order valence-corrected chi connectivity index (χ4v) is 3.54. The molecule has 0 saturated carbocycles. The molecule has 0 aromatic carbocycles. The molecule has 0 aliphatic rings. The molecule has 0 aliphatic heterocycles. The molecule has 9 heteroatoms. The summed E-state index contributed by atoms with van der Waals surface area (Å²) in [5.74, 6) is -1.24. The van der Waals surface area contributed by atoms with Crippen LogP contribution in [0.4, 0.5) is 0 Å². The Morgan fingerprint density at radius 2 is 2.04 bits per heavy atom. The van der Waals surface area contributed by atoms with Gasteiger partial charge >= 0.3 is 5.97 Å². The standard InChI is InChI=1S/C15H16Br2ClN3O3/c1-15(2,3)10(7-21-13(17)11(18)12(16)19-21)20-5-4-9(22)8(6-20)14(23)24/h4-6,10H,7H2,1-3H3,(H,23,24)/t10-/m0/s1. The molecule has 0 spiro atoms. The summed E-state index contributed by atoms with van der Waals surface area (Å²) in [6.45, 7) is 6.54. The van der Waals surface area contributed by atoms with E-state index in [0.29, 0.717) is 20.8 Å². The molecule has 0 unspecified atom stereocenters. The molecule has 1 N–H and O–H groups in total. The molecule has 0 radical (unpaired) electrons. The van der Waals surface area contributed by atoms with Gasteiger partial charge in [0.05, 0.1) is 12.6 Å². The first kappa shape index (κ1) is 19.2. The van der Waals surface area contributed by atoms with Crippen molar-refractivity contribution in [3.63, 3.8) is 0 Å². The zero-order valence-electron chi connectivity index (χ0n) is 13.3. The summed E-state index contributed by atoms with van der Waals surface area (Å²) >= 11 is 12.8. The Morgan fingerprint density at radius 3 is 2.50 bits per heavy atom. The monoisotopic (exact) mass is 479 g/mol. The summed E-state index contributed by atoms with van der Waals surface area (Å²) in [7, 11) is 0. The first-order valence-electron chi connectivity index (χ1n) is 7.04. The van der Waals surface area contributed by atoms with E-state index in [1.165, 1.54) is 12.3 Å². The Balaban J connectivity index is 2.51. The van der Waals surface area contributed by atoms with Gasteiger partial charge in [-0.05, 0) is 37.3 Å². The van der Waals surface area contributed by atoms with Crippen LogP contribution in [0, 0.1) is 5.41 Å². The SMILES string of the molecule is CC(C)(C)[C@H](Cn1nc(Br)c(Cl)c1Br)n1ccc(=O)c(C(=O)O)c1. The van der Waals surface area contributed by atoms with Gasteiger partial charge in [0.15, 0.2) is 5.43 Å². The van der Waals surface area contributed by atoms with E-state index < -0.39 is 11.4 Å². The smallest absolute Gasteiger partial charge is 0.341 e. The Labute approximate surface area is 160 Å². The predicted molar refractivity (Wildman–Crippen MR) is 98.8 cm³/mol. The largest absolute Gasteiger partial charge is 0.477 e. The third-order valence-corrected chi connectivity index (χ3v) is 5.85. The summed E-state index contributed by atoms with van der Waals surface area (Å²) in [4.78, 5) is 22.9. The molecule has 0 aliphatic carbocycles. The molecule has 0 amide bonds. The lowest BCUT2D eigenvalue weighted by atomic mass is 9.86. The van der Waals surface area contributed by atoms with Crippen LogP contribution < -0.4 is 5.43 Å². The van der Waals surface area contributed by atoms with E-state index in [4.69, 9.17) is 11.6 Å². The van der Waals surface area contributed by atoms with Gasteiger partial charge in [-0.3, -0.25) is 9.48 Å². The van der Waals surface area contributed by atoms with Gasteiger partial charge in [0.1, 0.15) is 19.8 Å². The summed E-state index contributed by atoms with van der Waals surface area (Å²) < 4.78 is 4.58. The third kappa shape index (κ3) is 3.92. The van der Waals surface area contributed by atoms with Crippen molar-refractivity contribution in [1.29, 1.82) is 0 Å². The van der Waals surface area contributed by atoms with E-state index in [0.717, 1.165) is 0 Å². The highest BCUT2D eigenvalue weighted by Crippen LogP contribution is 2.35. The molecule has 130 valence electrons. The van der Waals surface area contributed by atoms with Crippen molar-refractivity contribution in [2.75, 3.05) is 0 Å². The van der Waals surface area contributed by atoms with Crippen molar-refractivity contribution in [3.05, 3.63) is 48.5 Å². The average Bonchev–Trinajstić information content (AvgIpc) is 2.71. The molecule has 0 saturated heterocycles. The van der Waals surface area contributed by atoms with Crippen molar-refractivity contribution in [2.24, 2.45) is 5.41 Å². The highest BCUT2D eigenvalue weighted by Gasteiger charge is 2.28. The maximum atomic E-state index is 11.7. The minimum absolute atomic E-state index is 0.157. The number of aromatic carboxylic acids is 1. The summed E-state index contributed by atoms with van der Waals surface area (Å²) in [5, 5.41) is 14.0. The van der Waals surface area contributed by atoms with Crippen LogP contribution >= 0.6 is 43.5 Å². The van der Waals surface area contributed by atoms with Gasteiger partial charge in [0.2, 0.25) is 0 Å². The minimum atomic E-state index is -1.24. The minimum Gasteiger partial charge on any atom is -0.477 e. The van der Waals surface area contributed by atoms with E-state index in [9.17, 15) is 14.7 Å². The highest BCUT2D eigenvalue weighted by atomic mass is 79.9. The van der Waals surface area contributed by atoms with Crippen molar-refractivity contribution in [1.82, 2.24) is 14.3 Å². The summed E-state index contributed by atoms with van der Waals surface area (Å²) in [6, 6.07) is 1.11. The van der Waals surface area contributed by atoms with E-state index in [-0.39, 0.29) is 17.0 Å². The van der Waals surface area contributed by atoms with Crippen LogP contribution in [0.25, 0.3) is 0 Å². The Kier molecular flexibility index (Phi) is 5.61. The molecule has 2 aromatic heterocycles. The first-order chi connectivity index (χ1) is 11.0. The Hall–Kier alpha value is -1.12. The van der Waals surface area contributed by atoms with Crippen molar-refractivity contribution < 1.29 is 9.90 Å². The number of hydrogen-bond acceptors (Lipinski definition) is 3. The molecule has 1 atom stereocenters. The molecule has 0 bridgehead atoms. The van der Waals surface area contributed by atoms with Gasteiger partial charge in [-0.25, -0.2) is 4.79 Å². The number of nitrogens with zero attached hydrogens (tertiary/aromatic N) is 3. The number of rotatable bonds is 4. The lowest BCUT2D eigenvalue weighted by molar-refractivity contribution is 0.0693. The van der Waals surface area contributed by atoms with Crippen molar-refractivity contribution in [2.45, 2.75) is 33.4 Å². The topological polar surface area (TPSA) is 77.1 Å². The van der Waals surface area contributed by atoms with Crippen LogP contribution in [-0.4, -0.2) is 25.4 Å². The number of carboxylic acids is 1. The van der Waals surface area contributed by atoms with Crippen molar-refractivity contribution in [3.8, 4) is 0 Å². The van der Waals surface area contributed by atoms with E-state index >= 15 is 0 Å². The second-order valence-corrected chi connectivity index (χ2v) is 8.31. The second kappa shape index (κ2) is 7.01. The number of carboxylic acid groups (broad SMARTS) is 1. The van der Waals surface area contributed by atoms with E-state index in [2.05, 4.69) is 37.0 Å². The van der Waals surface area contributed by atoms with Crippen LogP contribution in [0.2, 0.25) is 5.02 Å². The Bertz CT molecular complexity index is 839. The Morgan fingerprint density at radius 1 is 1.42 bits per heavy atom. The van der Waals surface area contributed by atoms with Crippen LogP contribution in [0.15, 0.2) is 32.5 Å². The molecular weight excluding hydrogens is 465 g/mol. The van der Waals surface area contributed by atoms with Gasteiger partial charge in [0.25, 0.3) is 0 Å². The fraction of sp³-hybridized carbons (Fsp3) is 0.400. The molecule has 24 heavy (non-hydrogen) atoms. The van der Waals surface area contributed by atoms with Gasteiger partial charge < -0.3 is 9.67 Å². The molecule has 0 fully saturated rings. The molecule has 2 heterocycles. The van der Waals surface area contributed by atoms with E-state index in [1.54, 1.807) is 15.4 Å². The second-order valence-electron chi connectivity index (χ2n) is 6.43. The quantitative estimate of drug-likeness (QED) is 0.710. The molecule has 6 nitrogen and oxygen atoms in total. The lowest BCUT2D eigenvalue weighted by Crippen LogP contribution is -2.30. The van der Waals surface area contributed by atoms with E-state index in [1.807, 2.05) is 20.8 Å². The molecular formula is C15H16Br2ClN3O3. The fourth-order valence-electron chi connectivity index (χ4n) is 2.35. The van der Waals surface area contributed by atoms with Gasteiger partial charge in [-0.1, -0.05) is 32.4 Å². The molecule has 2 rings (SSSR count). The number of pyridine rings is 1. The number of hydrogen-bond donors (Lipinski definition) is 1. The average molecular weight is 482 g/mol. The summed E-state index contributed by atoms with van der Waals surface area (Å²) in [5.41, 5.74) is -1.00. The normalized spacial score (nSPS) is 13.1. The number of aromatic nitrogens is 3. The number of carbonyl (C=O) groups is 1. The zero-order valence-corrected chi connectivity index (χ0v) is 17.2. The van der Waals surface area contributed by atoms with Gasteiger partial charge in [-0.2, -0.15) is 5.10 Å². The maximum absolute atomic E-state index is 11.7. The first-order valence-corrected chi connectivity index (χ1v) is 9.01. The highest BCUT2D eigenvalue weighted by molar-refractivity contribution is 9.11. The van der Waals surface area contributed by atoms with Crippen LogP contribution in [-0.2, 0) is 6.54 Å². The van der Waals surface area contributed by atoms with Crippen LogP contribution in [0.5, 0.6) is 0 Å². The lowest BCUT2D eigenvalue weighted by Gasteiger charge is -2.33.